The molecule has 4 aromatic rings. The van der Waals surface area contributed by atoms with E-state index in [-0.39, 0.29) is 18.0 Å². The first-order valence-electron chi connectivity index (χ1n) is 18.9. The van der Waals surface area contributed by atoms with Crippen molar-refractivity contribution in [3.8, 4) is 22.6 Å². The molecular formula is C42H52N6O3Si. The van der Waals surface area contributed by atoms with E-state index in [1.807, 2.05) is 57.2 Å². The molecular weight excluding hydrogens is 665 g/mol. The van der Waals surface area contributed by atoms with Crippen LogP contribution in [0.25, 0.3) is 22.2 Å². The highest BCUT2D eigenvalue weighted by atomic mass is 28.3. The van der Waals surface area contributed by atoms with Crippen molar-refractivity contribution < 1.29 is 14.3 Å². The Balaban J connectivity index is 1.28. The molecule has 0 saturated heterocycles. The lowest BCUT2D eigenvalue weighted by Crippen LogP contribution is -2.53. The summed E-state index contributed by atoms with van der Waals surface area (Å²) in [5.41, 5.74) is 10.7. The summed E-state index contributed by atoms with van der Waals surface area (Å²) >= 11 is 0. The van der Waals surface area contributed by atoms with Crippen LogP contribution < -0.4 is 5.32 Å². The van der Waals surface area contributed by atoms with Gasteiger partial charge in [0.15, 0.2) is 5.82 Å². The van der Waals surface area contributed by atoms with Gasteiger partial charge in [-0.3, -0.25) is 4.79 Å². The van der Waals surface area contributed by atoms with Gasteiger partial charge in [-0.05, 0) is 86.5 Å². The normalized spacial score (nSPS) is 19.2. The van der Waals surface area contributed by atoms with Crippen LogP contribution in [-0.4, -0.2) is 57.1 Å². The SMILES string of the molecule is CC(C)[Si](C#Cc1cccc2c1[C@H]1C[C@H](c3nc4ccc(-c5cnc(C6(NC(=O)OC(C)(C)C)CCC6)nc5)cc4n31)N(C)C2=O)(C(C)C)C(C)C. The van der Waals surface area contributed by atoms with E-state index in [1.54, 1.807) is 0 Å². The molecule has 1 aliphatic carbocycles. The van der Waals surface area contributed by atoms with Gasteiger partial charge < -0.3 is 19.5 Å². The summed E-state index contributed by atoms with van der Waals surface area (Å²) in [5, 5.41) is 3.06. The molecule has 272 valence electrons. The van der Waals surface area contributed by atoms with Crippen molar-refractivity contribution in [2.45, 2.75) is 128 Å². The Labute approximate surface area is 309 Å². The molecule has 2 aromatic heterocycles. The topological polar surface area (TPSA) is 102 Å². The van der Waals surface area contributed by atoms with Gasteiger partial charge in [-0.15, -0.1) is 5.54 Å². The molecule has 2 atom stereocenters. The number of carbonyl (C=O) groups excluding carboxylic acids is 2. The number of benzene rings is 2. The largest absolute Gasteiger partial charge is 0.444 e. The van der Waals surface area contributed by atoms with Crippen LogP contribution in [0.5, 0.6) is 0 Å². The summed E-state index contributed by atoms with van der Waals surface area (Å²) in [6.45, 7) is 19.6. The molecule has 1 N–H and O–H groups in total. The van der Waals surface area contributed by atoms with Crippen LogP contribution in [0.4, 0.5) is 4.79 Å². The van der Waals surface area contributed by atoms with E-state index in [4.69, 9.17) is 19.7 Å². The van der Waals surface area contributed by atoms with E-state index in [0.717, 1.165) is 70.4 Å². The van der Waals surface area contributed by atoms with Gasteiger partial charge in [0, 0.05) is 48.1 Å². The predicted molar refractivity (Wildman–Crippen MR) is 208 cm³/mol. The minimum absolute atomic E-state index is 0.0212. The highest BCUT2D eigenvalue weighted by Gasteiger charge is 2.46. The summed E-state index contributed by atoms with van der Waals surface area (Å²) in [7, 11) is -0.115. The highest BCUT2D eigenvalue weighted by Crippen LogP contribution is 2.49. The lowest BCUT2D eigenvalue weighted by molar-refractivity contribution is 0.0364. The maximum atomic E-state index is 14.0. The smallest absolute Gasteiger partial charge is 0.408 e. The molecule has 0 radical (unpaired) electrons. The fourth-order valence-electron chi connectivity index (χ4n) is 9.17. The number of alkyl carbamates (subject to hydrolysis) is 1. The molecule has 1 fully saturated rings. The Bertz CT molecular complexity index is 2090. The summed E-state index contributed by atoms with van der Waals surface area (Å²) in [5.74, 6) is 5.24. The molecule has 2 aromatic carbocycles. The van der Waals surface area contributed by atoms with Crippen LogP contribution in [-0.2, 0) is 10.3 Å². The average molecular weight is 717 g/mol. The van der Waals surface area contributed by atoms with Gasteiger partial charge in [-0.1, -0.05) is 59.6 Å². The van der Waals surface area contributed by atoms with Crippen molar-refractivity contribution in [1.29, 1.82) is 0 Å². The zero-order valence-electron chi connectivity index (χ0n) is 32.3. The number of ether oxygens (including phenoxy) is 1. The quantitative estimate of drug-likeness (QED) is 0.158. The minimum atomic E-state index is -2.01. The van der Waals surface area contributed by atoms with E-state index < -0.39 is 25.3 Å². The second-order valence-corrected chi connectivity index (χ2v) is 22.6. The standard InChI is InChI=1S/C42H52N6O3Si/c1-25(2)52(26(3)4,27(5)6)20-17-28-13-11-14-31-36(28)34-22-35(47(10)38(31)49)37-45-32-16-15-29(21-33(32)48(34)37)30-23-43-39(44-24-30)42(18-12-19-42)46-40(50)51-41(7,8)9/h11,13-16,21,23-27,34-35H,12,18-19,22H2,1-10H3,(H,46,50)/t34-,35-/m1/s1. The van der Waals surface area contributed by atoms with Crippen molar-refractivity contribution in [3.63, 3.8) is 0 Å². The van der Waals surface area contributed by atoms with Crippen LogP contribution in [0.2, 0.25) is 16.6 Å². The maximum Gasteiger partial charge on any atom is 0.408 e. The monoisotopic (exact) mass is 716 g/mol. The molecule has 7 rings (SSSR count). The summed E-state index contributed by atoms with van der Waals surface area (Å²) < 4.78 is 7.89. The third-order valence-electron chi connectivity index (χ3n) is 11.9. The Morgan fingerprint density at radius 2 is 1.65 bits per heavy atom. The lowest BCUT2D eigenvalue weighted by atomic mass is 9.76. The number of rotatable bonds is 6. The number of nitrogens with zero attached hydrogens (tertiary/aromatic N) is 5. The Kier molecular flexibility index (Phi) is 8.88. The van der Waals surface area contributed by atoms with Gasteiger partial charge in [-0.25, -0.2) is 19.7 Å². The van der Waals surface area contributed by atoms with Crippen molar-refractivity contribution in [2.24, 2.45) is 0 Å². The Morgan fingerprint density at radius 3 is 2.25 bits per heavy atom. The second-order valence-electron chi connectivity index (χ2n) is 17.0. The summed E-state index contributed by atoms with van der Waals surface area (Å²) in [6, 6.07) is 12.1. The molecule has 2 amide bonds. The third kappa shape index (κ3) is 5.81. The van der Waals surface area contributed by atoms with E-state index in [9.17, 15) is 9.59 Å². The highest BCUT2D eigenvalue weighted by molar-refractivity contribution is 6.90. The third-order valence-corrected chi connectivity index (χ3v) is 18.2. The zero-order chi connectivity index (χ0) is 37.3. The molecule has 0 unspecified atom stereocenters. The maximum absolute atomic E-state index is 14.0. The first-order valence-corrected chi connectivity index (χ1v) is 21.1. The fourth-order valence-corrected chi connectivity index (χ4v) is 14.4. The van der Waals surface area contributed by atoms with Gasteiger partial charge in [0.25, 0.3) is 5.91 Å². The van der Waals surface area contributed by atoms with Gasteiger partial charge in [0.05, 0.1) is 23.1 Å². The molecule has 2 aliphatic heterocycles. The molecule has 4 heterocycles. The van der Waals surface area contributed by atoms with Crippen LogP contribution >= 0.6 is 0 Å². The minimum Gasteiger partial charge on any atom is -0.444 e. The molecule has 0 spiro atoms. The van der Waals surface area contributed by atoms with Crippen LogP contribution in [0.15, 0.2) is 48.8 Å². The number of aromatic nitrogens is 4. The van der Waals surface area contributed by atoms with Crippen LogP contribution in [0, 0.1) is 11.5 Å². The van der Waals surface area contributed by atoms with Gasteiger partial charge in [-0.2, -0.15) is 0 Å². The van der Waals surface area contributed by atoms with Gasteiger partial charge in [0.2, 0.25) is 0 Å². The molecule has 10 heteroatoms. The van der Waals surface area contributed by atoms with Crippen LogP contribution in [0.3, 0.4) is 0 Å². The van der Waals surface area contributed by atoms with Crippen molar-refractivity contribution >= 4 is 31.1 Å². The number of fused-ring (bicyclic) bond motifs is 9. The van der Waals surface area contributed by atoms with E-state index in [1.165, 1.54) is 0 Å². The lowest BCUT2D eigenvalue weighted by Gasteiger charge is -2.41. The van der Waals surface area contributed by atoms with Gasteiger partial charge in [0.1, 0.15) is 25.0 Å². The number of amides is 2. The summed E-state index contributed by atoms with van der Waals surface area (Å²) in [4.78, 5) is 43.3. The first-order chi connectivity index (χ1) is 24.6. The van der Waals surface area contributed by atoms with Crippen molar-refractivity contribution in [2.75, 3.05) is 7.05 Å². The molecule has 52 heavy (non-hydrogen) atoms. The average Bonchev–Trinajstić information content (AvgIpc) is 3.58. The van der Waals surface area contributed by atoms with E-state index in [2.05, 4.69) is 87.2 Å². The number of nitrogens with one attached hydrogen (secondary N) is 1. The van der Waals surface area contributed by atoms with Crippen molar-refractivity contribution in [3.05, 3.63) is 77.1 Å². The van der Waals surface area contributed by atoms with Crippen LogP contribution in [0.1, 0.15) is 133 Å². The predicted octanol–water partition coefficient (Wildman–Crippen LogP) is 9.09. The number of hydrogen-bond acceptors (Lipinski definition) is 6. The number of imidazole rings is 1. The first kappa shape index (κ1) is 35.9. The fraction of sp³-hybridized carbons (Fsp3) is 0.500. The summed E-state index contributed by atoms with van der Waals surface area (Å²) in [6.07, 6.45) is 6.50. The van der Waals surface area contributed by atoms with Crippen molar-refractivity contribution in [1.82, 2.24) is 29.7 Å². The molecule has 1 saturated carbocycles. The molecule has 3 aliphatic rings. The zero-order valence-corrected chi connectivity index (χ0v) is 33.3. The Morgan fingerprint density at radius 1 is 0.981 bits per heavy atom. The number of hydrogen-bond donors (Lipinski definition) is 1. The molecule has 2 bridgehead atoms. The van der Waals surface area contributed by atoms with E-state index in [0.29, 0.717) is 22.4 Å². The Hall–Kier alpha value is -4.49. The second kappa shape index (κ2) is 12.9. The van der Waals surface area contributed by atoms with E-state index >= 15 is 0 Å². The van der Waals surface area contributed by atoms with Gasteiger partial charge >= 0.3 is 6.09 Å². The number of carbonyl (C=O) groups is 2. The molecule has 9 nitrogen and oxygen atoms in total.